The van der Waals surface area contributed by atoms with E-state index in [4.69, 9.17) is 9.47 Å². The summed E-state index contributed by atoms with van der Waals surface area (Å²) in [7, 11) is 0. The van der Waals surface area contributed by atoms with Crippen LogP contribution in [0.4, 0.5) is 0 Å². The molecule has 3 nitrogen and oxygen atoms in total. The van der Waals surface area contributed by atoms with E-state index in [1.807, 2.05) is 12.1 Å². The lowest BCUT2D eigenvalue weighted by Gasteiger charge is -2.13. The maximum absolute atomic E-state index is 11.6. The number of carbonyl (C=O) groups excluding carboxylic acids is 1. The second-order valence-corrected chi connectivity index (χ2v) is 8.93. The van der Waals surface area contributed by atoms with E-state index in [9.17, 15) is 4.79 Å². The van der Waals surface area contributed by atoms with Crippen LogP contribution in [0, 0.1) is 0 Å². The van der Waals surface area contributed by atoms with Crippen LogP contribution in [0.5, 0.6) is 5.75 Å². The monoisotopic (exact) mass is 518 g/mol. The molecule has 6 heteroatoms. The first-order valence-electron chi connectivity index (χ1n) is 8.76. The molecule has 0 radical (unpaired) electrons. The largest absolute Gasteiger partial charge is 0.480 e. The fourth-order valence-corrected chi connectivity index (χ4v) is 5.75. The highest BCUT2D eigenvalue weighted by atomic mass is 79.9. The SMILES string of the molecule is CCOC(=O)COc1c(Br)cc(-c2cccc3sc4ccccc4c23)cc1Br. The first kappa shape index (κ1) is 19.4. The highest BCUT2D eigenvalue weighted by Gasteiger charge is 2.15. The van der Waals surface area contributed by atoms with Gasteiger partial charge in [-0.15, -0.1) is 11.3 Å². The minimum Gasteiger partial charge on any atom is -0.480 e. The van der Waals surface area contributed by atoms with E-state index in [0.29, 0.717) is 12.4 Å². The molecular weight excluding hydrogens is 504 g/mol. The van der Waals surface area contributed by atoms with Gasteiger partial charge in [0, 0.05) is 20.2 Å². The molecule has 0 saturated carbocycles. The first-order valence-corrected chi connectivity index (χ1v) is 11.2. The zero-order chi connectivity index (χ0) is 19.7. The predicted octanol–water partition coefficient (Wildman–Crippen LogP) is 7.19. The number of rotatable bonds is 5. The van der Waals surface area contributed by atoms with Crippen molar-refractivity contribution in [2.45, 2.75) is 6.92 Å². The van der Waals surface area contributed by atoms with E-state index in [2.05, 4.69) is 74.3 Å². The minimum absolute atomic E-state index is 0.130. The Labute approximate surface area is 183 Å². The van der Waals surface area contributed by atoms with Gasteiger partial charge < -0.3 is 9.47 Å². The van der Waals surface area contributed by atoms with E-state index in [1.54, 1.807) is 18.3 Å². The lowest BCUT2D eigenvalue weighted by molar-refractivity contribution is -0.145. The van der Waals surface area contributed by atoms with Crippen LogP contribution in [-0.2, 0) is 9.53 Å². The Balaban J connectivity index is 1.77. The predicted molar refractivity (Wildman–Crippen MR) is 122 cm³/mol. The van der Waals surface area contributed by atoms with Gasteiger partial charge in [0.1, 0.15) is 5.75 Å². The molecule has 0 amide bonds. The van der Waals surface area contributed by atoms with Gasteiger partial charge in [0.15, 0.2) is 6.61 Å². The van der Waals surface area contributed by atoms with Gasteiger partial charge in [-0.2, -0.15) is 0 Å². The van der Waals surface area contributed by atoms with Gasteiger partial charge >= 0.3 is 5.97 Å². The third kappa shape index (κ3) is 3.69. The molecule has 0 spiro atoms. The number of hydrogen-bond acceptors (Lipinski definition) is 4. The number of benzene rings is 3. The number of thiophene rings is 1. The Morgan fingerprint density at radius 3 is 2.46 bits per heavy atom. The molecule has 0 unspecified atom stereocenters. The first-order chi connectivity index (χ1) is 13.6. The summed E-state index contributed by atoms with van der Waals surface area (Å²) in [5, 5.41) is 2.51. The van der Waals surface area contributed by atoms with Crippen molar-refractivity contribution in [1.29, 1.82) is 0 Å². The van der Waals surface area contributed by atoms with Crippen LogP contribution in [0.1, 0.15) is 6.92 Å². The molecule has 0 N–H and O–H groups in total. The molecule has 4 aromatic rings. The summed E-state index contributed by atoms with van der Waals surface area (Å²) in [6.07, 6.45) is 0. The topological polar surface area (TPSA) is 35.5 Å². The van der Waals surface area contributed by atoms with Crippen LogP contribution in [0.2, 0.25) is 0 Å². The summed E-state index contributed by atoms with van der Waals surface area (Å²) in [6.45, 7) is 1.98. The summed E-state index contributed by atoms with van der Waals surface area (Å²) in [4.78, 5) is 11.6. The van der Waals surface area contributed by atoms with E-state index < -0.39 is 0 Å². The fourth-order valence-electron chi connectivity index (χ4n) is 3.20. The highest BCUT2D eigenvalue weighted by molar-refractivity contribution is 9.11. The zero-order valence-corrected chi connectivity index (χ0v) is 19.0. The molecule has 0 saturated heterocycles. The summed E-state index contributed by atoms with van der Waals surface area (Å²) in [6, 6.07) is 18.9. The maximum Gasteiger partial charge on any atom is 0.344 e. The van der Waals surface area contributed by atoms with E-state index in [-0.39, 0.29) is 12.6 Å². The van der Waals surface area contributed by atoms with Crippen molar-refractivity contribution in [2.75, 3.05) is 13.2 Å². The number of ether oxygens (including phenoxy) is 2. The van der Waals surface area contributed by atoms with Crippen molar-refractivity contribution in [1.82, 2.24) is 0 Å². The van der Waals surface area contributed by atoms with Gasteiger partial charge in [-0.1, -0.05) is 30.3 Å². The van der Waals surface area contributed by atoms with Crippen LogP contribution in [0.3, 0.4) is 0 Å². The summed E-state index contributed by atoms with van der Waals surface area (Å²) < 4.78 is 14.7. The second-order valence-electron chi connectivity index (χ2n) is 6.14. The van der Waals surface area contributed by atoms with E-state index in [0.717, 1.165) is 20.1 Å². The number of esters is 1. The van der Waals surface area contributed by atoms with Crippen molar-refractivity contribution in [3.05, 3.63) is 63.5 Å². The van der Waals surface area contributed by atoms with Crippen molar-refractivity contribution < 1.29 is 14.3 Å². The smallest absolute Gasteiger partial charge is 0.344 e. The Hall–Kier alpha value is -1.89. The van der Waals surface area contributed by atoms with Crippen molar-refractivity contribution >= 4 is 69.3 Å². The summed E-state index contributed by atoms with van der Waals surface area (Å²) in [5.74, 6) is 0.194. The Morgan fingerprint density at radius 2 is 1.71 bits per heavy atom. The molecule has 4 rings (SSSR count). The summed E-state index contributed by atoms with van der Waals surface area (Å²) in [5.41, 5.74) is 2.23. The molecule has 28 heavy (non-hydrogen) atoms. The van der Waals surface area contributed by atoms with Crippen LogP contribution in [0.25, 0.3) is 31.3 Å². The molecule has 3 aromatic carbocycles. The molecule has 1 heterocycles. The lowest BCUT2D eigenvalue weighted by Crippen LogP contribution is -2.15. The van der Waals surface area contributed by atoms with Crippen LogP contribution in [-0.4, -0.2) is 19.2 Å². The molecular formula is C22H16Br2O3S. The molecule has 0 fully saturated rings. The molecule has 1 aromatic heterocycles. The molecule has 142 valence electrons. The normalized spacial score (nSPS) is 11.1. The number of fused-ring (bicyclic) bond motifs is 3. The second kappa shape index (κ2) is 8.23. The van der Waals surface area contributed by atoms with Gasteiger partial charge in [-0.3, -0.25) is 0 Å². The Kier molecular flexibility index (Phi) is 5.71. The average Bonchev–Trinajstić information content (AvgIpc) is 3.06. The third-order valence-corrected chi connectivity index (χ3v) is 6.67. The van der Waals surface area contributed by atoms with Crippen LogP contribution >= 0.6 is 43.2 Å². The molecule has 0 aliphatic carbocycles. The molecule has 0 aliphatic rings. The van der Waals surface area contributed by atoms with Gasteiger partial charge in [0.25, 0.3) is 0 Å². The van der Waals surface area contributed by atoms with E-state index >= 15 is 0 Å². The van der Waals surface area contributed by atoms with Crippen LogP contribution in [0.15, 0.2) is 63.5 Å². The molecule has 0 bridgehead atoms. The zero-order valence-electron chi connectivity index (χ0n) is 15.0. The van der Waals surface area contributed by atoms with Crippen molar-refractivity contribution in [3.63, 3.8) is 0 Å². The fraction of sp³-hybridized carbons (Fsp3) is 0.136. The van der Waals surface area contributed by atoms with Crippen molar-refractivity contribution in [2.24, 2.45) is 0 Å². The Morgan fingerprint density at radius 1 is 1.00 bits per heavy atom. The lowest BCUT2D eigenvalue weighted by atomic mass is 9.99. The van der Waals surface area contributed by atoms with Crippen molar-refractivity contribution in [3.8, 4) is 16.9 Å². The standard InChI is InChI=1S/C22H16Br2O3S/c1-2-26-20(25)12-27-22-16(23)10-13(11-17(22)24)14-7-5-9-19-21(14)15-6-3-4-8-18(15)28-19/h3-11H,2,12H2,1H3. The molecule has 0 aliphatic heterocycles. The highest BCUT2D eigenvalue weighted by Crippen LogP contribution is 2.43. The van der Waals surface area contributed by atoms with E-state index in [1.165, 1.54) is 20.2 Å². The maximum atomic E-state index is 11.6. The van der Waals surface area contributed by atoms with Gasteiger partial charge in [-0.25, -0.2) is 4.79 Å². The summed E-state index contributed by atoms with van der Waals surface area (Å²) >= 11 is 8.97. The Bertz CT molecular complexity index is 1160. The third-order valence-electron chi connectivity index (χ3n) is 4.35. The molecule has 0 atom stereocenters. The van der Waals surface area contributed by atoms with Gasteiger partial charge in [0.2, 0.25) is 0 Å². The number of halogens is 2. The minimum atomic E-state index is -0.389. The van der Waals surface area contributed by atoms with Gasteiger partial charge in [0.05, 0.1) is 15.6 Å². The number of hydrogen-bond donors (Lipinski definition) is 0. The average molecular weight is 520 g/mol. The quantitative estimate of drug-likeness (QED) is 0.262. The van der Waals surface area contributed by atoms with Gasteiger partial charge in [-0.05, 0) is 74.2 Å². The van der Waals surface area contributed by atoms with Crippen LogP contribution < -0.4 is 4.74 Å². The number of carbonyl (C=O) groups is 1.